The molecule has 3 heteroatoms. The van der Waals surface area contributed by atoms with Crippen LogP contribution in [0.25, 0.3) is 0 Å². The molecule has 2 rings (SSSR count). The van der Waals surface area contributed by atoms with Crippen molar-refractivity contribution in [3.05, 3.63) is 52.6 Å². The summed E-state index contributed by atoms with van der Waals surface area (Å²) in [5, 5.41) is 0. The molecule has 1 heterocycles. The molecule has 0 radical (unpaired) electrons. The van der Waals surface area contributed by atoms with Gasteiger partial charge in [0.1, 0.15) is 0 Å². The van der Waals surface area contributed by atoms with Gasteiger partial charge < -0.3 is 10.3 Å². The molecule has 0 aliphatic rings. The number of hydrogen-bond acceptors (Lipinski definition) is 2. The first-order valence-electron chi connectivity index (χ1n) is 6.30. The van der Waals surface area contributed by atoms with E-state index >= 15 is 0 Å². The van der Waals surface area contributed by atoms with Crippen LogP contribution in [-0.4, -0.2) is 9.55 Å². The summed E-state index contributed by atoms with van der Waals surface area (Å²) in [6, 6.07) is 6.45. The van der Waals surface area contributed by atoms with Crippen molar-refractivity contribution >= 4 is 0 Å². The van der Waals surface area contributed by atoms with Crippen molar-refractivity contribution < 1.29 is 0 Å². The molecule has 1 aromatic carbocycles. The molecule has 0 saturated heterocycles. The zero-order valence-corrected chi connectivity index (χ0v) is 11.6. The van der Waals surface area contributed by atoms with Gasteiger partial charge in [0, 0.05) is 18.3 Å². The van der Waals surface area contributed by atoms with Gasteiger partial charge >= 0.3 is 0 Å². The molecule has 0 bridgehead atoms. The van der Waals surface area contributed by atoms with E-state index in [0.717, 1.165) is 12.2 Å². The predicted molar refractivity (Wildman–Crippen MR) is 74.5 cm³/mol. The number of nitrogens with zero attached hydrogens (tertiary/aromatic N) is 2. The second kappa shape index (κ2) is 4.94. The Bertz CT molecular complexity index is 555. The Morgan fingerprint density at radius 2 is 1.94 bits per heavy atom. The maximum atomic E-state index is 6.31. The van der Waals surface area contributed by atoms with E-state index in [4.69, 9.17) is 5.73 Å². The lowest BCUT2D eigenvalue weighted by Crippen LogP contribution is -2.19. The third-order valence-electron chi connectivity index (χ3n) is 3.56. The van der Waals surface area contributed by atoms with Gasteiger partial charge in [0.25, 0.3) is 0 Å². The van der Waals surface area contributed by atoms with Gasteiger partial charge in [-0.2, -0.15) is 0 Å². The van der Waals surface area contributed by atoms with Crippen LogP contribution in [0.1, 0.15) is 34.1 Å². The van der Waals surface area contributed by atoms with Crippen LogP contribution in [0.15, 0.2) is 24.5 Å². The van der Waals surface area contributed by atoms with Crippen molar-refractivity contribution in [1.82, 2.24) is 9.55 Å². The molecule has 0 aliphatic carbocycles. The van der Waals surface area contributed by atoms with Crippen molar-refractivity contribution in [3.8, 4) is 0 Å². The Hall–Kier alpha value is -1.61. The summed E-state index contributed by atoms with van der Waals surface area (Å²) in [4.78, 5) is 4.31. The Kier molecular flexibility index (Phi) is 3.53. The van der Waals surface area contributed by atoms with Crippen molar-refractivity contribution in [2.75, 3.05) is 0 Å². The highest BCUT2D eigenvalue weighted by Gasteiger charge is 2.11. The second-order valence-corrected chi connectivity index (χ2v) is 5.03. The van der Waals surface area contributed by atoms with Crippen LogP contribution < -0.4 is 5.73 Å². The number of hydrogen-bond donors (Lipinski definition) is 1. The lowest BCUT2D eigenvalue weighted by molar-refractivity contribution is 0.564. The molecular weight excluding hydrogens is 222 g/mol. The minimum absolute atomic E-state index is 0.0119. The van der Waals surface area contributed by atoms with Crippen LogP contribution in [-0.2, 0) is 6.54 Å². The molecule has 1 atom stereocenters. The summed E-state index contributed by atoms with van der Waals surface area (Å²) in [6.07, 6.45) is 1.87. The van der Waals surface area contributed by atoms with Gasteiger partial charge in [-0.15, -0.1) is 0 Å². The quantitative estimate of drug-likeness (QED) is 0.901. The molecule has 2 N–H and O–H groups in total. The molecule has 2 aromatic rings. The highest BCUT2D eigenvalue weighted by Crippen LogP contribution is 2.19. The number of aromatic nitrogens is 2. The van der Waals surface area contributed by atoms with E-state index in [1.54, 1.807) is 0 Å². The smallest absolute Gasteiger partial charge is 0.0952 e. The minimum Gasteiger partial charge on any atom is -0.333 e. The van der Waals surface area contributed by atoms with Gasteiger partial charge in [0.2, 0.25) is 0 Å². The molecular formula is C15H21N3. The summed E-state index contributed by atoms with van der Waals surface area (Å²) < 4.78 is 2.12. The number of rotatable bonds is 3. The van der Waals surface area contributed by atoms with Gasteiger partial charge in [0.05, 0.1) is 12.0 Å². The van der Waals surface area contributed by atoms with Gasteiger partial charge in [-0.25, -0.2) is 4.98 Å². The summed E-state index contributed by atoms with van der Waals surface area (Å²) in [5.41, 5.74) is 12.3. The van der Waals surface area contributed by atoms with Crippen LogP contribution in [0.2, 0.25) is 0 Å². The first kappa shape index (κ1) is 12.8. The van der Waals surface area contributed by atoms with E-state index in [1.807, 2.05) is 13.3 Å². The van der Waals surface area contributed by atoms with Crippen LogP contribution in [0.4, 0.5) is 0 Å². The van der Waals surface area contributed by atoms with E-state index in [9.17, 15) is 0 Å². The van der Waals surface area contributed by atoms with E-state index in [0.29, 0.717) is 0 Å². The van der Waals surface area contributed by atoms with Crippen molar-refractivity contribution in [2.45, 2.75) is 40.3 Å². The lowest BCUT2D eigenvalue weighted by Gasteiger charge is -2.17. The van der Waals surface area contributed by atoms with Gasteiger partial charge in [-0.3, -0.25) is 0 Å². The molecule has 96 valence electrons. The van der Waals surface area contributed by atoms with Crippen LogP contribution in [0.3, 0.4) is 0 Å². The molecule has 1 unspecified atom stereocenters. The molecule has 0 spiro atoms. The van der Waals surface area contributed by atoms with E-state index < -0.39 is 0 Å². The Labute approximate surface area is 109 Å². The molecule has 18 heavy (non-hydrogen) atoms. The van der Waals surface area contributed by atoms with E-state index in [1.165, 1.54) is 22.4 Å². The average Bonchev–Trinajstić information content (AvgIpc) is 2.61. The summed E-state index contributed by atoms with van der Waals surface area (Å²) in [7, 11) is 0. The Morgan fingerprint density at radius 1 is 1.22 bits per heavy atom. The van der Waals surface area contributed by atoms with Crippen molar-refractivity contribution in [3.63, 3.8) is 0 Å². The highest BCUT2D eigenvalue weighted by molar-refractivity contribution is 5.32. The standard InChI is InChI=1S/C15H21N3/c1-10-5-6-14(11(2)7-10)15(16)8-18-9-17-12(3)13(18)4/h5-7,9,15H,8,16H2,1-4H3. The third-order valence-corrected chi connectivity index (χ3v) is 3.56. The number of aryl methyl sites for hydroxylation is 3. The van der Waals surface area contributed by atoms with Crippen molar-refractivity contribution in [2.24, 2.45) is 5.73 Å². The maximum absolute atomic E-state index is 6.31. The fourth-order valence-corrected chi connectivity index (χ4v) is 2.28. The molecule has 0 saturated carbocycles. The summed E-state index contributed by atoms with van der Waals surface area (Å²) in [5.74, 6) is 0. The normalized spacial score (nSPS) is 12.7. The third kappa shape index (κ3) is 2.46. The topological polar surface area (TPSA) is 43.8 Å². The second-order valence-electron chi connectivity index (χ2n) is 5.03. The number of nitrogens with two attached hydrogens (primary N) is 1. The maximum Gasteiger partial charge on any atom is 0.0952 e. The Balaban J connectivity index is 2.22. The average molecular weight is 243 g/mol. The van der Waals surface area contributed by atoms with E-state index in [-0.39, 0.29) is 6.04 Å². The monoisotopic (exact) mass is 243 g/mol. The van der Waals surface area contributed by atoms with Gasteiger partial charge in [-0.05, 0) is 38.8 Å². The first-order valence-corrected chi connectivity index (χ1v) is 6.30. The fourth-order valence-electron chi connectivity index (χ4n) is 2.28. The lowest BCUT2D eigenvalue weighted by atomic mass is 10.00. The largest absolute Gasteiger partial charge is 0.333 e. The first-order chi connectivity index (χ1) is 8.49. The fraction of sp³-hybridized carbons (Fsp3) is 0.400. The summed E-state index contributed by atoms with van der Waals surface area (Å²) >= 11 is 0. The SMILES string of the molecule is Cc1ccc(C(N)Cn2cnc(C)c2C)c(C)c1. The molecule has 1 aromatic heterocycles. The van der Waals surface area contributed by atoms with Crippen LogP contribution in [0.5, 0.6) is 0 Å². The van der Waals surface area contributed by atoms with Crippen LogP contribution >= 0.6 is 0 Å². The molecule has 0 amide bonds. The zero-order valence-electron chi connectivity index (χ0n) is 11.6. The van der Waals surface area contributed by atoms with Crippen LogP contribution in [0, 0.1) is 27.7 Å². The van der Waals surface area contributed by atoms with Crippen molar-refractivity contribution in [1.29, 1.82) is 0 Å². The summed E-state index contributed by atoms with van der Waals surface area (Å²) in [6.45, 7) is 9.10. The Morgan fingerprint density at radius 3 is 2.50 bits per heavy atom. The minimum atomic E-state index is 0.0119. The molecule has 0 fully saturated rings. The zero-order chi connectivity index (χ0) is 13.3. The highest BCUT2D eigenvalue weighted by atomic mass is 15.1. The van der Waals surface area contributed by atoms with Gasteiger partial charge in [-0.1, -0.05) is 23.8 Å². The number of benzene rings is 1. The molecule has 0 aliphatic heterocycles. The van der Waals surface area contributed by atoms with Gasteiger partial charge in [0.15, 0.2) is 0 Å². The predicted octanol–water partition coefficient (Wildman–Crippen LogP) is 2.82. The molecule has 3 nitrogen and oxygen atoms in total. The van der Waals surface area contributed by atoms with E-state index in [2.05, 4.69) is 48.5 Å². The number of imidazole rings is 1.